The Morgan fingerprint density at radius 1 is 0.552 bits per heavy atom. The molecular formula is C24H50O4S. The van der Waals surface area contributed by atoms with Gasteiger partial charge in [-0.05, 0) is 49.4 Å². The lowest BCUT2D eigenvalue weighted by Crippen LogP contribution is -2.15. The lowest BCUT2D eigenvalue weighted by Gasteiger charge is -2.20. The fourth-order valence-corrected chi connectivity index (χ4v) is 4.45. The van der Waals surface area contributed by atoms with E-state index in [-0.39, 0.29) is 13.2 Å². The van der Waals surface area contributed by atoms with E-state index in [1.807, 2.05) is 0 Å². The van der Waals surface area contributed by atoms with Crippen molar-refractivity contribution in [2.45, 2.75) is 119 Å². The summed E-state index contributed by atoms with van der Waals surface area (Å²) >= 11 is 0. The number of rotatable bonds is 20. The average molecular weight is 435 g/mol. The smallest absolute Gasteiger partial charge is 0.248 e. The molecule has 0 N–H and O–H groups in total. The first-order valence-electron chi connectivity index (χ1n) is 12.3. The summed E-state index contributed by atoms with van der Waals surface area (Å²) in [5.74, 6) is 2.56. The van der Waals surface area contributed by atoms with Crippen molar-refractivity contribution in [1.29, 1.82) is 0 Å². The average Bonchev–Trinajstić information content (AvgIpc) is 2.68. The van der Waals surface area contributed by atoms with Crippen molar-refractivity contribution < 1.29 is 16.8 Å². The first-order chi connectivity index (χ1) is 13.7. The highest BCUT2D eigenvalue weighted by molar-refractivity contribution is 7.81. The standard InChI is InChI=1S/C24H50O4S/c1-7-9-11-15-21(3)23(5)17-13-19-27-29(25,26)28-20-14-18-24(6)22(4)16-12-10-8-2/h21-24H,7-20H2,1-6H3. The minimum atomic E-state index is -3.85. The van der Waals surface area contributed by atoms with Crippen molar-refractivity contribution in [1.82, 2.24) is 0 Å². The molecule has 0 aromatic rings. The second-order valence-electron chi connectivity index (χ2n) is 9.24. The Morgan fingerprint density at radius 2 is 0.862 bits per heavy atom. The molecule has 0 spiro atoms. The summed E-state index contributed by atoms with van der Waals surface area (Å²) in [4.78, 5) is 0. The summed E-state index contributed by atoms with van der Waals surface area (Å²) in [6.07, 6.45) is 13.7. The quantitative estimate of drug-likeness (QED) is 0.186. The molecule has 4 unspecified atom stereocenters. The summed E-state index contributed by atoms with van der Waals surface area (Å²) < 4.78 is 33.8. The molecule has 0 heterocycles. The predicted octanol–water partition coefficient (Wildman–Crippen LogP) is 7.53. The first kappa shape index (κ1) is 28.9. The largest absolute Gasteiger partial charge is 0.399 e. The van der Waals surface area contributed by atoms with Gasteiger partial charge in [0.25, 0.3) is 0 Å². The van der Waals surface area contributed by atoms with Crippen LogP contribution < -0.4 is 0 Å². The Balaban J connectivity index is 3.85. The number of hydrogen-bond donors (Lipinski definition) is 0. The minimum Gasteiger partial charge on any atom is -0.248 e. The van der Waals surface area contributed by atoms with Crippen LogP contribution in [0.25, 0.3) is 0 Å². The number of hydrogen-bond acceptors (Lipinski definition) is 4. The van der Waals surface area contributed by atoms with Gasteiger partial charge in [0, 0.05) is 0 Å². The molecule has 0 fully saturated rings. The van der Waals surface area contributed by atoms with Gasteiger partial charge in [-0.15, -0.1) is 0 Å². The van der Waals surface area contributed by atoms with Crippen LogP contribution in [0.3, 0.4) is 0 Å². The van der Waals surface area contributed by atoms with E-state index in [1.165, 1.54) is 51.4 Å². The van der Waals surface area contributed by atoms with Crippen molar-refractivity contribution >= 4 is 10.4 Å². The summed E-state index contributed by atoms with van der Waals surface area (Å²) in [5, 5.41) is 0. The van der Waals surface area contributed by atoms with Crippen LogP contribution in [0, 0.1) is 23.7 Å². The van der Waals surface area contributed by atoms with Crippen molar-refractivity contribution in [2.75, 3.05) is 13.2 Å². The Hall–Kier alpha value is -0.130. The van der Waals surface area contributed by atoms with Crippen LogP contribution in [0.15, 0.2) is 0 Å². The van der Waals surface area contributed by atoms with E-state index in [1.54, 1.807) is 0 Å². The zero-order valence-corrected chi connectivity index (χ0v) is 21.1. The third kappa shape index (κ3) is 16.3. The van der Waals surface area contributed by atoms with E-state index in [9.17, 15) is 8.42 Å². The molecule has 0 aliphatic rings. The maximum atomic E-state index is 11.9. The summed E-state index contributed by atoms with van der Waals surface area (Å²) in [6.45, 7) is 14.0. The second-order valence-corrected chi connectivity index (χ2v) is 10.5. The van der Waals surface area contributed by atoms with Crippen LogP contribution in [0.1, 0.15) is 119 Å². The van der Waals surface area contributed by atoms with E-state index in [0.29, 0.717) is 23.7 Å². The summed E-state index contributed by atoms with van der Waals surface area (Å²) in [6, 6.07) is 0. The third-order valence-electron chi connectivity index (χ3n) is 6.53. The molecule has 0 bridgehead atoms. The maximum Gasteiger partial charge on any atom is 0.399 e. The van der Waals surface area contributed by atoms with Gasteiger partial charge in [-0.25, -0.2) is 8.37 Å². The van der Waals surface area contributed by atoms with E-state index >= 15 is 0 Å². The van der Waals surface area contributed by atoms with E-state index < -0.39 is 10.4 Å². The zero-order chi connectivity index (χ0) is 22.1. The van der Waals surface area contributed by atoms with Crippen molar-refractivity contribution in [3.8, 4) is 0 Å². The highest BCUT2D eigenvalue weighted by atomic mass is 32.3. The highest BCUT2D eigenvalue weighted by Gasteiger charge is 2.16. The van der Waals surface area contributed by atoms with E-state index in [4.69, 9.17) is 8.37 Å². The van der Waals surface area contributed by atoms with E-state index in [0.717, 1.165) is 25.7 Å². The van der Waals surface area contributed by atoms with Gasteiger partial charge in [-0.3, -0.25) is 0 Å². The Bertz CT molecular complexity index is 428. The van der Waals surface area contributed by atoms with Crippen molar-refractivity contribution in [3.63, 3.8) is 0 Å². The fraction of sp³-hybridized carbons (Fsp3) is 1.00. The van der Waals surface area contributed by atoms with Crippen LogP contribution in [0.2, 0.25) is 0 Å². The Morgan fingerprint density at radius 3 is 1.17 bits per heavy atom. The summed E-state index contributed by atoms with van der Waals surface area (Å²) in [7, 11) is -3.85. The Kier molecular flexibility index (Phi) is 17.5. The van der Waals surface area contributed by atoms with Crippen LogP contribution in [-0.4, -0.2) is 21.6 Å². The van der Waals surface area contributed by atoms with Crippen LogP contribution >= 0.6 is 0 Å². The molecule has 4 nitrogen and oxygen atoms in total. The van der Waals surface area contributed by atoms with Gasteiger partial charge in [-0.1, -0.05) is 92.9 Å². The predicted molar refractivity (Wildman–Crippen MR) is 124 cm³/mol. The van der Waals surface area contributed by atoms with Gasteiger partial charge in [0.1, 0.15) is 0 Å². The number of unbranched alkanes of at least 4 members (excludes halogenated alkanes) is 4. The maximum absolute atomic E-state index is 11.9. The van der Waals surface area contributed by atoms with E-state index in [2.05, 4.69) is 41.5 Å². The molecular weight excluding hydrogens is 384 g/mol. The van der Waals surface area contributed by atoms with Gasteiger partial charge >= 0.3 is 10.4 Å². The second kappa shape index (κ2) is 17.5. The van der Waals surface area contributed by atoms with Crippen molar-refractivity contribution in [3.05, 3.63) is 0 Å². The molecule has 0 aromatic heterocycles. The molecule has 0 radical (unpaired) electrons. The molecule has 0 amide bonds. The normalized spacial score (nSPS) is 16.5. The van der Waals surface area contributed by atoms with Crippen molar-refractivity contribution in [2.24, 2.45) is 23.7 Å². The molecule has 5 heteroatoms. The molecule has 29 heavy (non-hydrogen) atoms. The van der Waals surface area contributed by atoms with Gasteiger partial charge in [-0.2, -0.15) is 8.42 Å². The summed E-state index contributed by atoms with van der Waals surface area (Å²) in [5.41, 5.74) is 0. The monoisotopic (exact) mass is 434 g/mol. The van der Waals surface area contributed by atoms with Gasteiger partial charge in [0.05, 0.1) is 13.2 Å². The van der Waals surface area contributed by atoms with Crippen LogP contribution in [-0.2, 0) is 18.8 Å². The molecule has 0 aromatic carbocycles. The zero-order valence-electron chi connectivity index (χ0n) is 20.3. The molecule has 4 atom stereocenters. The van der Waals surface area contributed by atoms with Gasteiger partial charge in [0.2, 0.25) is 0 Å². The lowest BCUT2D eigenvalue weighted by molar-refractivity contribution is 0.196. The molecule has 0 saturated heterocycles. The molecule has 0 aliphatic heterocycles. The third-order valence-corrected chi connectivity index (χ3v) is 7.44. The Labute approximate surface area is 182 Å². The first-order valence-corrected chi connectivity index (χ1v) is 13.6. The fourth-order valence-electron chi connectivity index (χ4n) is 3.74. The molecule has 176 valence electrons. The van der Waals surface area contributed by atoms with Crippen LogP contribution in [0.5, 0.6) is 0 Å². The molecule has 0 saturated carbocycles. The SMILES string of the molecule is CCCCCC(C)C(C)CCCOS(=O)(=O)OCCCC(C)C(C)CCCCC. The minimum absolute atomic E-state index is 0.221. The van der Waals surface area contributed by atoms with Gasteiger partial charge < -0.3 is 0 Å². The molecule has 0 aliphatic carbocycles. The lowest BCUT2D eigenvalue weighted by atomic mass is 9.87. The molecule has 0 rings (SSSR count). The highest BCUT2D eigenvalue weighted by Crippen LogP contribution is 2.24. The van der Waals surface area contributed by atoms with Gasteiger partial charge in [0.15, 0.2) is 0 Å². The topological polar surface area (TPSA) is 52.6 Å². The van der Waals surface area contributed by atoms with Crippen LogP contribution in [0.4, 0.5) is 0 Å².